The van der Waals surface area contributed by atoms with E-state index in [1.807, 2.05) is 0 Å². The minimum absolute atomic E-state index is 0.0236. The molecule has 1 aromatic rings. The summed E-state index contributed by atoms with van der Waals surface area (Å²) in [6.45, 7) is 1.35. The van der Waals surface area contributed by atoms with Crippen molar-refractivity contribution in [3.63, 3.8) is 0 Å². The largest absolute Gasteiger partial charge is 0.276 e. The van der Waals surface area contributed by atoms with Crippen LogP contribution in [0.5, 0.6) is 0 Å². The molecule has 0 spiro atoms. The fourth-order valence-corrected chi connectivity index (χ4v) is 4.65. The van der Waals surface area contributed by atoms with Gasteiger partial charge in [-0.3, -0.25) is 4.79 Å². The number of benzene rings is 1. The molecule has 8 heteroatoms. The highest BCUT2D eigenvalue weighted by molar-refractivity contribution is 7.93. The van der Waals surface area contributed by atoms with Crippen LogP contribution in [-0.2, 0) is 19.7 Å². The van der Waals surface area contributed by atoms with Crippen LogP contribution in [0.1, 0.15) is 15.9 Å². The van der Waals surface area contributed by atoms with Crippen LogP contribution < -0.4 is 0 Å². The number of sulfone groups is 2. The highest BCUT2D eigenvalue weighted by Crippen LogP contribution is 2.28. The van der Waals surface area contributed by atoms with E-state index in [0.717, 1.165) is 18.6 Å². The lowest BCUT2D eigenvalue weighted by atomic mass is 10.1. The van der Waals surface area contributed by atoms with E-state index in [-0.39, 0.29) is 20.9 Å². The fourth-order valence-electron chi connectivity index (χ4n) is 1.63. The Balaban J connectivity index is 3.92. The molecule has 0 aromatic heterocycles. The van der Waals surface area contributed by atoms with Crippen LogP contribution in [-0.4, -0.2) is 34.6 Å². The molecule has 0 fully saturated rings. The first-order valence-electron chi connectivity index (χ1n) is 4.70. The lowest BCUT2D eigenvalue weighted by Crippen LogP contribution is -2.12. The third-order valence-electron chi connectivity index (χ3n) is 2.35. The second kappa shape index (κ2) is 4.64. The Morgan fingerprint density at radius 1 is 1.06 bits per heavy atom. The Labute approximate surface area is 111 Å². The number of hydrogen-bond acceptors (Lipinski definition) is 5. The Bertz CT molecular complexity index is 717. The topological polar surface area (TPSA) is 85.3 Å². The van der Waals surface area contributed by atoms with Crippen molar-refractivity contribution < 1.29 is 21.6 Å². The van der Waals surface area contributed by atoms with Crippen LogP contribution in [0.3, 0.4) is 0 Å². The van der Waals surface area contributed by atoms with Crippen molar-refractivity contribution in [2.45, 2.75) is 16.7 Å². The van der Waals surface area contributed by atoms with Gasteiger partial charge in [0.05, 0.1) is 9.79 Å². The molecule has 0 radical (unpaired) electrons. The maximum atomic E-state index is 11.7. The second-order valence-electron chi connectivity index (χ2n) is 3.88. The zero-order chi connectivity index (χ0) is 14.3. The smallest absolute Gasteiger partial charge is 0.252 e. The van der Waals surface area contributed by atoms with Gasteiger partial charge in [0.2, 0.25) is 0 Å². The van der Waals surface area contributed by atoms with Crippen molar-refractivity contribution in [3.05, 3.63) is 23.3 Å². The normalized spacial score (nSPS) is 12.4. The number of carbonyl (C=O) groups is 1. The van der Waals surface area contributed by atoms with Crippen molar-refractivity contribution in [1.82, 2.24) is 0 Å². The van der Waals surface area contributed by atoms with E-state index in [2.05, 4.69) is 0 Å². The van der Waals surface area contributed by atoms with E-state index in [1.165, 1.54) is 13.0 Å². The molecular weight excluding hydrogens is 300 g/mol. The van der Waals surface area contributed by atoms with Crippen molar-refractivity contribution in [2.24, 2.45) is 0 Å². The standard InChI is InChI=1S/C10H11ClO5S2/c1-6-7(10(11)12)4-5-8(17(2,13)14)9(6)18(3,15)16/h4-5H,1-3H3. The van der Waals surface area contributed by atoms with Crippen LogP contribution in [0.15, 0.2) is 21.9 Å². The van der Waals surface area contributed by atoms with Gasteiger partial charge in [-0.05, 0) is 36.2 Å². The lowest BCUT2D eigenvalue weighted by Gasteiger charge is -2.11. The predicted molar refractivity (Wildman–Crippen MR) is 67.6 cm³/mol. The monoisotopic (exact) mass is 310 g/mol. The number of halogens is 1. The maximum Gasteiger partial charge on any atom is 0.252 e. The van der Waals surface area contributed by atoms with E-state index >= 15 is 0 Å². The molecule has 0 amide bonds. The first kappa shape index (κ1) is 15.1. The van der Waals surface area contributed by atoms with Crippen LogP contribution in [0.2, 0.25) is 0 Å². The van der Waals surface area contributed by atoms with Gasteiger partial charge < -0.3 is 0 Å². The molecule has 0 heterocycles. The Kier molecular flexibility index (Phi) is 3.90. The molecular formula is C10H11ClO5S2. The summed E-state index contributed by atoms with van der Waals surface area (Å²) in [5, 5.41) is -0.836. The SMILES string of the molecule is Cc1c(C(=O)Cl)ccc(S(C)(=O)=O)c1S(C)(=O)=O. The number of hydrogen-bond donors (Lipinski definition) is 0. The average molecular weight is 311 g/mol. The van der Waals surface area contributed by atoms with Crippen LogP contribution in [0.4, 0.5) is 0 Å². The molecule has 1 aromatic carbocycles. The van der Waals surface area contributed by atoms with E-state index in [4.69, 9.17) is 11.6 Å². The third-order valence-corrected chi connectivity index (χ3v) is 5.09. The van der Waals surface area contributed by atoms with Crippen molar-refractivity contribution >= 4 is 36.5 Å². The average Bonchev–Trinajstić information content (AvgIpc) is 2.12. The van der Waals surface area contributed by atoms with Gasteiger partial charge in [-0.25, -0.2) is 16.8 Å². The highest BCUT2D eigenvalue weighted by atomic mass is 35.5. The molecule has 5 nitrogen and oxygen atoms in total. The van der Waals surface area contributed by atoms with Gasteiger partial charge in [0.25, 0.3) is 5.24 Å². The van der Waals surface area contributed by atoms with Gasteiger partial charge >= 0.3 is 0 Å². The first-order chi connectivity index (χ1) is 7.96. The Morgan fingerprint density at radius 2 is 1.56 bits per heavy atom. The maximum absolute atomic E-state index is 11.7. The summed E-state index contributed by atoms with van der Waals surface area (Å²) in [6, 6.07) is 2.28. The third kappa shape index (κ3) is 2.90. The number of rotatable bonds is 3. The van der Waals surface area contributed by atoms with Gasteiger partial charge in [-0.2, -0.15) is 0 Å². The predicted octanol–water partition coefficient (Wildman–Crippen LogP) is 1.18. The van der Waals surface area contributed by atoms with Crippen molar-refractivity contribution in [3.8, 4) is 0 Å². The van der Waals surface area contributed by atoms with Crippen LogP contribution in [0.25, 0.3) is 0 Å². The number of carbonyl (C=O) groups excluding carboxylic acids is 1. The molecule has 0 aliphatic heterocycles. The minimum Gasteiger partial charge on any atom is -0.276 e. The van der Waals surface area contributed by atoms with E-state index in [0.29, 0.717) is 0 Å². The molecule has 0 saturated carbocycles. The van der Waals surface area contributed by atoms with Gasteiger partial charge in [-0.15, -0.1) is 0 Å². The Morgan fingerprint density at radius 3 is 1.89 bits per heavy atom. The molecule has 0 bridgehead atoms. The van der Waals surface area contributed by atoms with Gasteiger partial charge in [-0.1, -0.05) is 0 Å². The molecule has 100 valence electrons. The summed E-state index contributed by atoms with van der Waals surface area (Å²) in [5.74, 6) is 0. The van der Waals surface area contributed by atoms with Gasteiger partial charge in [0.15, 0.2) is 19.7 Å². The summed E-state index contributed by atoms with van der Waals surface area (Å²) in [7, 11) is -7.51. The molecule has 0 unspecified atom stereocenters. The quantitative estimate of drug-likeness (QED) is 0.783. The minimum atomic E-state index is -3.79. The summed E-state index contributed by atoms with van der Waals surface area (Å²) in [4.78, 5) is 10.4. The molecule has 0 aliphatic carbocycles. The molecule has 1 rings (SSSR count). The first-order valence-corrected chi connectivity index (χ1v) is 8.86. The zero-order valence-corrected chi connectivity index (χ0v) is 12.3. The van der Waals surface area contributed by atoms with E-state index < -0.39 is 24.9 Å². The highest BCUT2D eigenvalue weighted by Gasteiger charge is 2.25. The molecule has 18 heavy (non-hydrogen) atoms. The van der Waals surface area contributed by atoms with Crippen LogP contribution >= 0.6 is 11.6 Å². The molecule has 0 N–H and O–H groups in total. The van der Waals surface area contributed by atoms with E-state index in [1.54, 1.807) is 0 Å². The summed E-state index contributed by atoms with van der Waals surface area (Å²) in [6.07, 6.45) is 1.78. The van der Waals surface area contributed by atoms with Crippen LogP contribution in [0, 0.1) is 6.92 Å². The van der Waals surface area contributed by atoms with E-state index in [9.17, 15) is 21.6 Å². The molecule has 0 atom stereocenters. The summed E-state index contributed by atoms with van der Waals surface area (Å²) >= 11 is 5.31. The van der Waals surface area contributed by atoms with Crippen molar-refractivity contribution in [1.29, 1.82) is 0 Å². The zero-order valence-electron chi connectivity index (χ0n) is 9.89. The van der Waals surface area contributed by atoms with Gasteiger partial charge in [0.1, 0.15) is 0 Å². The summed E-state index contributed by atoms with van der Waals surface area (Å²) in [5.41, 5.74) is 0.0184. The van der Waals surface area contributed by atoms with Gasteiger partial charge in [0, 0.05) is 18.1 Å². The lowest BCUT2D eigenvalue weighted by molar-refractivity contribution is 0.108. The summed E-state index contributed by atoms with van der Waals surface area (Å²) < 4.78 is 46.5. The fraction of sp³-hybridized carbons (Fsp3) is 0.300. The molecule has 0 saturated heterocycles. The Hall–Kier alpha value is -0.920. The van der Waals surface area contributed by atoms with Crippen molar-refractivity contribution in [2.75, 3.05) is 12.5 Å². The second-order valence-corrected chi connectivity index (χ2v) is 8.16. The molecule has 0 aliphatic rings.